The quantitative estimate of drug-likeness (QED) is 0.464. The van der Waals surface area contributed by atoms with Crippen LogP contribution in [0.3, 0.4) is 0 Å². The maximum absolute atomic E-state index is 8.88. The van der Waals surface area contributed by atoms with Crippen LogP contribution in [0.25, 0.3) is 0 Å². The Morgan fingerprint density at radius 1 is 1.12 bits per heavy atom. The SMILES string of the molecule is O[C@@H]1CC[C@H](O)C1Cl. The molecule has 1 fully saturated rings. The zero-order valence-electron chi connectivity index (χ0n) is 4.42. The lowest BCUT2D eigenvalue weighted by Gasteiger charge is -2.07. The standard InChI is InChI=1S/C5H9ClO2/c6-5-3(7)1-2-4(5)8/h3-5,7-8H,1-2H2/t3-,4+,5?. The Morgan fingerprint density at radius 2 is 1.50 bits per heavy atom. The van der Waals surface area contributed by atoms with E-state index in [1.54, 1.807) is 0 Å². The Balaban J connectivity index is 2.44. The number of hydrogen-bond donors (Lipinski definition) is 2. The van der Waals surface area contributed by atoms with Crippen molar-refractivity contribution in [2.24, 2.45) is 0 Å². The third-order valence-electron chi connectivity index (χ3n) is 1.49. The van der Waals surface area contributed by atoms with Crippen LogP contribution in [-0.4, -0.2) is 27.8 Å². The molecule has 3 heteroatoms. The molecule has 0 amide bonds. The first-order valence-electron chi connectivity index (χ1n) is 2.72. The minimum absolute atomic E-state index is 0.435. The van der Waals surface area contributed by atoms with Gasteiger partial charge in [-0.2, -0.15) is 0 Å². The van der Waals surface area contributed by atoms with Gasteiger partial charge >= 0.3 is 0 Å². The summed E-state index contributed by atoms with van der Waals surface area (Å²) in [4.78, 5) is 0. The topological polar surface area (TPSA) is 40.5 Å². The van der Waals surface area contributed by atoms with Crippen molar-refractivity contribution in [2.45, 2.75) is 30.4 Å². The van der Waals surface area contributed by atoms with Crippen LogP contribution < -0.4 is 0 Å². The molecule has 1 aliphatic carbocycles. The molecule has 0 aliphatic heterocycles. The van der Waals surface area contributed by atoms with Gasteiger partial charge in [-0.05, 0) is 12.8 Å². The van der Waals surface area contributed by atoms with Crippen LogP contribution in [0.4, 0.5) is 0 Å². The van der Waals surface area contributed by atoms with Gasteiger partial charge in [-0.25, -0.2) is 0 Å². The maximum atomic E-state index is 8.88. The van der Waals surface area contributed by atoms with Crippen molar-refractivity contribution in [1.29, 1.82) is 0 Å². The summed E-state index contributed by atoms with van der Waals surface area (Å²) < 4.78 is 0. The van der Waals surface area contributed by atoms with Gasteiger partial charge in [-0.3, -0.25) is 0 Å². The van der Waals surface area contributed by atoms with Crippen molar-refractivity contribution in [2.75, 3.05) is 0 Å². The summed E-state index contributed by atoms with van der Waals surface area (Å²) >= 11 is 5.51. The Kier molecular flexibility index (Phi) is 1.75. The molecule has 0 bridgehead atoms. The summed E-state index contributed by atoms with van der Waals surface area (Å²) in [5.41, 5.74) is 0. The Labute approximate surface area is 53.1 Å². The fourth-order valence-corrected chi connectivity index (χ4v) is 1.17. The molecule has 48 valence electrons. The van der Waals surface area contributed by atoms with E-state index in [0.717, 1.165) is 0 Å². The highest BCUT2D eigenvalue weighted by molar-refractivity contribution is 6.21. The second-order valence-electron chi connectivity index (χ2n) is 2.16. The van der Waals surface area contributed by atoms with Crippen LogP contribution in [0.2, 0.25) is 0 Å². The Bertz CT molecular complexity index is 76.5. The van der Waals surface area contributed by atoms with Gasteiger partial charge in [-0.15, -0.1) is 11.6 Å². The molecule has 0 heterocycles. The van der Waals surface area contributed by atoms with E-state index < -0.39 is 17.6 Å². The third-order valence-corrected chi connectivity index (χ3v) is 2.08. The molecular weight excluding hydrogens is 128 g/mol. The van der Waals surface area contributed by atoms with E-state index in [0.29, 0.717) is 12.8 Å². The van der Waals surface area contributed by atoms with Crippen LogP contribution in [0, 0.1) is 0 Å². The largest absolute Gasteiger partial charge is 0.391 e. The smallest absolute Gasteiger partial charge is 0.0853 e. The molecule has 0 aromatic rings. The fraction of sp³-hybridized carbons (Fsp3) is 1.00. The van der Waals surface area contributed by atoms with E-state index in [2.05, 4.69) is 0 Å². The van der Waals surface area contributed by atoms with Gasteiger partial charge in [0, 0.05) is 0 Å². The van der Waals surface area contributed by atoms with Crippen molar-refractivity contribution >= 4 is 11.6 Å². The van der Waals surface area contributed by atoms with Crippen LogP contribution in [0.1, 0.15) is 12.8 Å². The molecule has 0 spiro atoms. The lowest BCUT2D eigenvalue weighted by Crippen LogP contribution is -2.22. The molecule has 3 atom stereocenters. The predicted molar refractivity (Wildman–Crippen MR) is 30.9 cm³/mol. The zero-order chi connectivity index (χ0) is 6.15. The first kappa shape index (κ1) is 6.33. The van der Waals surface area contributed by atoms with Crippen molar-refractivity contribution in [3.05, 3.63) is 0 Å². The molecule has 8 heavy (non-hydrogen) atoms. The van der Waals surface area contributed by atoms with Crippen LogP contribution in [-0.2, 0) is 0 Å². The average molecular weight is 137 g/mol. The molecule has 0 aromatic carbocycles. The second-order valence-corrected chi connectivity index (χ2v) is 2.66. The van der Waals surface area contributed by atoms with E-state index in [4.69, 9.17) is 21.8 Å². The normalized spacial score (nSPS) is 47.6. The van der Waals surface area contributed by atoms with E-state index in [1.807, 2.05) is 0 Å². The highest BCUT2D eigenvalue weighted by atomic mass is 35.5. The first-order chi connectivity index (χ1) is 3.72. The third kappa shape index (κ3) is 0.966. The molecule has 1 unspecified atom stereocenters. The van der Waals surface area contributed by atoms with E-state index in [-0.39, 0.29) is 0 Å². The minimum Gasteiger partial charge on any atom is -0.391 e. The number of aliphatic hydroxyl groups is 2. The summed E-state index contributed by atoms with van der Waals surface area (Å²) in [6.45, 7) is 0. The minimum atomic E-state index is -0.494. The first-order valence-corrected chi connectivity index (χ1v) is 3.15. The summed E-state index contributed by atoms with van der Waals surface area (Å²) in [5.74, 6) is 0. The van der Waals surface area contributed by atoms with Gasteiger partial charge in [0.25, 0.3) is 0 Å². The van der Waals surface area contributed by atoms with Gasteiger partial charge in [0.15, 0.2) is 0 Å². The van der Waals surface area contributed by atoms with Gasteiger partial charge in [0.1, 0.15) is 0 Å². The fourth-order valence-electron chi connectivity index (χ4n) is 0.916. The van der Waals surface area contributed by atoms with Crippen LogP contribution in [0.15, 0.2) is 0 Å². The number of alkyl halides is 1. The van der Waals surface area contributed by atoms with E-state index in [9.17, 15) is 0 Å². The zero-order valence-corrected chi connectivity index (χ0v) is 5.17. The van der Waals surface area contributed by atoms with Crippen molar-refractivity contribution in [3.8, 4) is 0 Å². The highest BCUT2D eigenvalue weighted by Gasteiger charge is 2.31. The second kappa shape index (κ2) is 2.21. The molecule has 2 N–H and O–H groups in total. The van der Waals surface area contributed by atoms with Crippen molar-refractivity contribution in [3.63, 3.8) is 0 Å². The average Bonchev–Trinajstić information content (AvgIpc) is 1.98. The summed E-state index contributed by atoms with van der Waals surface area (Å²) in [7, 11) is 0. The number of aliphatic hydroxyl groups excluding tert-OH is 2. The van der Waals surface area contributed by atoms with Crippen molar-refractivity contribution < 1.29 is 10.2 Å². The van der Waals surface area contributed by atoms with Gasteiger partial charge in [0.2, 0.25) is 0 Å². The Morgan fingerprint density at radius 3 is 1.62 bits per heavy atom. The molecule has 1 rings (SSSR count). The van der Waals surface area contributed by atoms with Gasteiger partial charge in [0.05, 0.1) is 17.6 Å². The molecule has 0 aromatic heterocycles. The van der Waals surface area contributed by atoms with Crippen molar-refractivity contribution in [1.82, 2.24) is 0 Å². The predicted octanol–water partition coefficient (Wildman–Crippen LogP) is 0.109. The molecule has 0 radical (unpaired) electrons. The summed E-state index contributed by atoms with van der Waals surface area (Å²) in [5, 5.41) is 17.3. The summed E-state index contributed by atoms with van der Waals surface area (Å²) in [6.07, 6.45) is 0.281. The molecule has 0 saturated heterocycles. The van der Waals surface area contributed by atoms with Gasteiger partial charge in [-0.1, -0.05) is 0 Å². The lowest BCUT2D eigenvalue weighted by molar-refractivity contribution is 0.142. The monoisotopic (exact) mass is 136 g/mol. The van der Waals surface area contributed by atoms with Gasteiger partial charge < -0.3 is 10.2 Å². The van der Waals surface area contributed by atoms with Crippen LogP contribution in [0.5, 0.6) is 0 Å². The Hall–Kier alpha value is 0.210. The number of hydrogen-bond acceptors (Lipinski definition) is 2. The molecule has 1 saturated carbocycles. The van der Waals surface area contributed by atoms with Crippen LogP contribution >= 0.6 is 11.6 Å². The van der Waals surface area contributed by atoms with E-state index >= 15 is 0 Å². The molecular formula is C5H9ClO2. The molecule has 2 nitrogen and oxygen atoms in total. The number of rotatable bonds is 0. The maximum Gasteiger partial charge on any atom is 0.0853 e. The lowest BCUT2D eigenvalue weighted by atomic mass is 10.3. The van der Waals surface area contributed by atoms with E-state index in [1.165, 1.54) is 0 Å². The molecule has 1 aliphatic rings. The summed E-state index contributed by atoms with van der Waals surface area (Å²) in [6, 6.07) is 0. The number of halogens is 1. The highest BCUT2D eigenvalue weighted by Crippen LogP contribution is 2.23.